The highest BCUT2D eigenvalue weighted by Crippen LogP contribution is 2.22. The summed E-state index contributed by atoms with van der Waals surface area (Å²) in [4.78, 5) is 11.3. The van der Waals surface area contributed by atoms with Gasteiger partial charge in [-0.25, -0.2) is 9.97 Å². The van der Waals surface area contributed by atoms with E-state index in [9.17, 15) is 5.11 Å². The van der Waals surface area contributed by atoms with E-state index >= 15 is 0 Å². The number of hydrogen-bond acceptors (Lipinski definition) is 4. The molecule has 1 heterocycles. The fourth-order valence-corrected chi connectivity index (χ4v) is 2.24. The van der Waals surface area contributed by atoms with Gasteiger partial charge in [0, 0.05) is 19.0 Å². The van der Waals surface area contributed by atoms with E-state index < -0.39 is 0 Å². The monoisotopic (exact) mass is 279 g/mol. The van der Waals surface area contributed by atoms with Crippen molar-refractivity contribution < 1.29 is 5.11 Å². The minimum absolute atomic E-state index is 0.0374. The Morgan fingerprint density at radius 1 is 1.05 bits per heavy atom. The summed E-state index contributed by atoms with van der Waals surface area (Å²) in [5, 5.41) is 9.62. The minimum Gasteiger partial charge on any atom is -0.390 e. The lowest BCUT2D eigenvalue weighted by molar-refractivity contribution is 0.276. The first kappa shape index (κ1) is 16.9. The zero-order valence-electron chi connectivity index (χ0n) is 13.7. The Morgan fingerprint density at radius 2 is 1.60 bits per heavy atom. The van der Waals surface area contributed by atoms with Gasteiger partial charge in [0.15, 0.2) is 0 Å². The topological polar surface area (TPSA) is 49.2 Å². The molecule has 0 spiro atoms. The van der Waals surface area contributed by atoms with Crippen molar-refractivity contribution in [2.75, 3.05) is 18.0 Å². The summed E-state index contributed by atoms with van der Waals surface area (Å²) in [6.07, 6.45) is 1.87. The van der Waals surface area contributed by atoms with Crippen molar-refractivity contribution in [1.82, 2.24) is 9.97 Å². The van der Waals surface area contributed by atoms with Gasteiger partial charge < -0.3 is 10.0 Å². The number of rotatable bonds is 7. The van der Waals surface area contributed by atoms with Gasteiger partial charge in [-0.05, 0) is 11.8 Å². The second-order valence-electron chi connectivity index (χ2n) is 6.57. The van der Waals surface area contributed by atoms with E-state index in [1.54, 1.807) is 0 Å². The summed E-state index contributed by atoms with van der Waals surface area (Å²) in [5.74, 6) is 2.19. The minimum atomic E-state index is -0.0374. The van der Waals surface area contributed by atoms with E-state index in [0.717, 1.165) is 30.3 Å². The third kappa shape index (κ3) is 4.75. The Morgan fingerprint density at radius 3 is 2.00 bits per heavy atom. The molecule has 0 radical (unpaired) electrons. The first-order valence-electron chi connectivity index (χ1n) is 7.56. The van der Waals surface area contributed by atoms with Crippen molar-refractivity contribution in [3.05, 3.63) is 17.7 Å². The maximum Gasteiger partial charge on any atom is 0.131 e. The van der Waals surface area contributed by atoms with Gasteiger partial charge in [-0.1, -0.05) is 41.5 Å². The SMILES string of the molecule is CC(C)CN(CC(C)C)c1cnc(C(C)C)nc1CO. The third-order valence-corrected chi connectivity index (χ3v) is 3.04. The highest BCUT2D eigenvalue weighted by molar-refractivity contribution is 5.49. The number of nitrogens with zero attached hydrogens (tertiary/aromatic N) is 3. The molecule has 0 aliphatic heterocycles. The van der Waals surface area contributed by atoms with E-state index in [0.29, 0.717) is 11.8 Å². The molecule has 1 N–H and O–H groups in total. The molecule has 1 rings (SSSR count). The Kier molecular flexibility index (Phi) is 6.40. The molecular weight excluding hydrogens is 250 g/mol. The number of anilines is 1. The predicted octanol–water partition coefficient (Wildman–Crippen LogP) is 3.21. The highest BCUT2D eigenvalue weighted by Gasteiger charge is 2.17. The van der Waals surface area contributed by atoms with Crippen LogP contribution in [-0.4, -0.2) is 28.2 Å². The number of aromatic nitrogens is 2. The molecule has 0 atom stereocenters. The van der Waals surface area contributed by atoms with Crippen LogP contribution in [-0.2, 0) is 6.61 Å². The largest absolute Gasteiger partial charge is 0.390 e. The van der Waals surface area contributed by atoms with Crippen LogP contribution in [0, 0.1) is 11.8 Å². The van der Waals surface area contributed by atoms with Crippen LogP contribution in [0.2, 0.25) is 0 Å². The maximum atomic E-state index is 9.62. The number of aliphatic hydroxyl groups is 1. The van der Waals surface area contributed by atoms with Crippen molar-refractivity contribution in [1.29, 1.82) is 0 Å². The Hall–Kier alpha value is -1.16. The van der Waals surface area contributed by atoms with Gasteiger partial charge in [0.2, 0.25) is 0 Å². The van der Waals surface area contributed by atoms with Gasteiger partial charge in [-0.2, -0.15) is 0 Å². The van der Waals surface area contributed by atoms with Crippen LogP contribution in [0.25, 0.3) is 0 Å². The molecule has 0 bridgehead atoms. The van der Waals surface area contributed by atoms with Gasteiger partial charge in [0.1, 0.15) is 5.82 Å². The van der Waals surface area contributed by atoms with Crippen molar-refractivity contribution in [2.24, 2.45) is 11.8 Å². The Bertz CT molecular complexity index is 406. The smallest absolute Gasteiger partial charge is 0.131 e. The predicted molar refractivity (Wildman–Crippen MR) is 83.9 cm³/mol. The molecule has 0 amide bonds. The molecule has 0 aliphatic rings. The van der Waals surface area contributed by atoms with E-state index in [1.165, 1.54) is 0 Å². The van der Waals surface area contributed by atoms with E-state index in [2.05, 4.69) is 56.4 Å². The molecule has 0 fully saturated rings. The van der Waals surface area contributed by atoms with Crippen molar-refractivity contribution in [3.63, 3.8) is 0 Å². The summed E-state index contributed by atoms with van der Waals surface area (Å²) in [5.41, 5.74) is 1.71. The van der Waals surface area contributed by atoms with Crippen molar-refractivity contribution in [3.8, 4) is 0 Å². The van der Waals surface area contributed by atoms with Crippen LogP contribution in [0.3, 0.4) is 0 Å². The summed E-state index contributed by atoms with van der Waals surface area (Å²) >= 11 is 0. The average Bonchev–Trinajstić information content (AvgIpc) is 2.35. The standard InChI is InChI=1S/C16H29N3O/c1-11(2)8-19(9-12(3)4)15-7-17-16(13(5)6)18-14(15)10-20/h7,11-13,20H,8-10H2,1-6H3. The Balaban J connectivity index is 3.11. The first-order chi connectivity index (χ1) is 9.35. The molecule has 0 aliphatic carbocycles. The maximum absolute atomic E-state index is 9.62. The zero-order valence-corrected chi connectivity index (χ0v) is 13.7. The second-order valence-corrected chi connectivity index (χ2v) is 6.57. The molecular formula is C16H29N3O. The zero-order chi connectivity index (χ0) is 15.3. The van der Waals surface area contributed by atoms with E-state index in [1.807, 2.05) is 6.20 Å². The lowest BCUT2D eigenvalue weighted by Gasteiger charge is -2.29. The summed E-state index contributed by atoms with van der Waals surface area (Å²) < 4.78 is 0. The van der Waals surface area contributed by atoms with Gasteiger partial charge >= 0.3 is 0 Å². The molecule has 1 aromatic rings. The van der Waals surface area contributed by atoms with Gasteiger partial charge in [-0.3, -0.25) is 0 Å². The van der Waals surface area contributed by atoms with E-state index in [-0.39, 0.29) is 12.5 Å². The lowest BCUT2D eigenvalue weighted by Crippen LogP contribution is -2.32. The fraction of sp³-hybridized carbons (Fsp3) is 0.750. The molecule has 0 aromatic carbocycles. The molecule has 20 heavy (non-hydrogen) atoms. The van der Waals surface area contributed by atoms with Crippen LogP contribution >= 0.6 is 0 Å². The van der Waals surface area contributed by atoms with Crippen LogP contribution in [0.5, 0.6) is 0 Å². The molecule has 4 nitrogen and oxygen atoms in total. The average molecular weight is 279 g/mol. The molecule has 1 aromatic heterocycles. The van der Waals surface area contributed by atoms with Crippen LogP contribution in [0.15, 0.2) is 6.20 Å². The number of aliphatic hydroxyl groups excluding tert-OH is 1. The summed E-state index contributed by atoms with van der Waals surface area (Å²) in [6.45, 7) is 14.8. The quantitative estimate of drug-likeness (QED) is 0.832. The van der Waals surface area contributed by atoms with Crippen molar-refractivity contribution in [2.45, 2.75) is 54.1 Å². The van der Waals surface area contributed by atoms with Crippen LogP contribution in [0.4, 0.5) is 5.69 Å². The van der Waals surface area contributed by atoms with Gasteiger partial charge in [-0.15, -0.1) is 0 Å². The van der Waals surface area contributed by atoms with Crippen molar-refractivity contribution >= 4 is 5.69 Å². The Labute approximate surface area is 123 Å². The molecule has 114 valence electrons. The lowest BCUT2D eigenvalue weighted by atomic mass is 10.1. The van der Waals surface area contributed by atoms with Gasteiger partial charge in [0.25, 0.3) is 0 Å². The van der Waals surface area contributed by atoms with Crippen LogP contribution < -0.4 is 4.90 Å². The summed E-state index contributed by atoms with van der Waals surface area (Å²) in [7, 11) is 0. The first-order valence-corrected chi connectivity index (χ1v) is 7.56. The highest BCUT2D eigenvalue weighted by atomic mass is 16.3. The fourth-order valence-electron chi connectivity index (χ4n) is 2.24. The normalized spacial score (nSPS) is 11.7. The van der Waals surface area contributed by atoms with E-state index in [4.69, 9.17) is 0 Å². The molecule has 0 saturated carbocycles. The second kappa shape index (κ2) is 7.58. The van der Waals surface area contributed by atoms with Crippen LogP contribution in [0.1, 0.15) is 59.0 Å². The summed E-state index contributed by atoms with van der Waals surface area (Å²) in [6, 6.07) is 0. The van der Waals surface area contributed by atoms with Gasteiger partial charge in [0.05, 0.1) is 24.2 Å². The molecule has 4 heteroatoms. The molecule has 0 unspecified atom stereocenters. The molecule has 0 saturated heterocycles. The number of hydrogen-bond donors (Lipinski definition) is 1. The third-order valence-electron chi connectivity index (χ3n) is 3.04.